The number of rotatable bonds is 6. The smallest absolute Gasteiger partial charge is 0.194 e. The van der Waals surface area contributed by atoms with Crippen molar-refractivity contribution in [3.63, 3.8) is 0 Å². The van der Waals surface area contributed by atoms with Crippen molar-refractivity contribution in [2.24, 2.45) is 4.99 Å². The molecule has 0 saturated carbocycles. The third-order valence-electron chi connectivity index (χ3n) is 5.01. The van der Waals surface area contributed by atoms with E-state index in [1.165, 1.54) is 18.2 Å². The summed E-state index contributed by atoms with van der Waals surface area (Å²) in [6.45, 7) is 4.91. The highest BCUT2D eigenvalue weighted by atomic mass is 127. The van der Waals surface area contributed by atoms with Gasteiger partial charge in [0.15, 0.2) is 29.0 Å². The molecule has 30 heavy (non-hydrogen) atoms. The highest BCUT2D eigenvalue weighted by molar-refractivity contribution is 14.0. The van der Waals surface area contributed by atoms with Gasteiger partial charge in [0.25, 0.3) is 0 Å². The van der Waals surface area contributed by atoms with E-state index >= 15 is 0 Å². The maximum absolute atomic E-state index is 9.99. The zero-order chi connectivity index (χ0) is 20.8. The number of nitrogens with zero attached hydrogens (tertiary/aromatic N) is 2. The summed E-state index contributed by atoms with van der Waals surface area (Å²) < 4.78 is 16.0. The van der Waals surface area contributed by atoms with E-state index in [-0.39, 0.29) is 29.7 Å². The van der Waals surface area contributed by atoms with Gasteiger partial charge in [0.05, 0.1) is 27.9 Å². The van der Waals surface area contributed by atoms with Crippen LogP contribution in [0.25, 0.3) is 0 Å². The van der Waals surface area contributed by atoms with Crippen molar-refractivity contribution < 1.29 is 19.3 Å². The van der Waals surface area contributed by atoms with E-state index in [1.54, 1.807) is 26.4 Å². The normalized spacial score (nSPS) is 13.2. The summed E-state index contributed by atoms with van der Waals surface area (Å²) in [5.41, 5.74) is 3.40. The first kappa shape index (κ1) is 23.9. The molecule has 1 aliphatic heterocycles. The third kappa shape index (κ3) is 5.41. The number of halogens is 1. The summed E-state index contributed by atoms with van der Waals surface area (Å²) in [7, 11) is 4.85. The van der Waals surface area contributed by atoms with Gasteiger partial charge in [-0.1, -0.05) is 6.07 Å². The van der Waals surface area contributed by atoms with Gasteiger partial charge in [0, 0.05) is 19.6 Å². The maximum atomic E-state index is 9.99. The summed E-state index contributed by atoms with van der Waals surface area (Å²) in [6, 6.07) is 9.47. The van der Waals surface area contributed by atoms with E-state index in [1.807, 2.05) is 12.1 Å². The van der Waals surface area contributed by atoms with Crippen LogP contribution in [-0.2, 0) is 19.5 Å². The summed E-state index contributed by atoms with van der Waals surface area (Å²) in [6.07, 6.45) is 0.906. The molecule has 2 N–H and O–H groups in total. The van der Waals surface area contributed by atoms with Gasteiger partial charge in [-0.25, -0.2) is 4.99 Å². The SMILES string of the molecule is CCNC(=NCc1ccc(OC)c(O)c1)N1CCc2cc(OC)c(OC)cc2C1.I. The largest absolute Gasteiger partial charge is 0.504 e. The van der Waals surface area contributed by atoms with Crippen LogP contribution in [0.3, 0.4) is 0 Å². The molecule has 2 aromatic carbocycles. The quantitative estimate of drug-likeness (QED) is 0.340. The number of methoxy groups -OCH3 is 3. The predicted molar refractivity (Wildman–Crippen MR) is 129 cm³/mol. The number of nitrogens with one attached hydrogen (secondary N) is 1. The highest BCUT2D eigenvalue weighted by Gasteiger charge is 2.21. The van der Waals surface area contributed by atoms with Gasteiger partial charge in [0.1, 0.15) is 0 Å². The number of hydrogen-bond acceptors (Lipinski definition) is 5. The molecule has 0 spiro atoms. The van der Waals surface area contributed by atoms with Crippen molar-refractivity contribution in [1.82, 2.24) is 10.2 Å². The molecule has 164 valence electrons. The summed E-state index contributed by atoms with van der Waals surface area (Å²) >= 11 is 0. The first-order valence-corrected chi connectivity index (χ1v) is 9.72. The minimum Gasteiger partial charge on any atom is -0.504 e. The van der Waals surface area contributed by atoms with Gasteiger partial charge in [-0.2, -0.15) is 0 Å². The molecule has 8 heteroatoms. The zero-order valence-electron chi connectivity index (χ0n) is 17.9. The fourth-order valence-corrected chi connectivity index (χ4v) is 3.49. The van der Waals surface area contributed by atoms with Crippen LogP contribution in [-0.4, -0.2) is 50.4 Å². The Morgan fingerprint density at radius 1 is 1.03 bits per heavy atom. The van der Waals surface area contributed by atoms with E-state index < -0.39 is 0 Å². The van der Waals surface area contributed by atoms with E-state index in [0.29, 0.717) is 12.3 Å². The number of aliphatic imine (C=N–C) groups is 1. The number of aromatic hydroxyl groups is 1. The summed E-state index contributed by atoms with van der Waals surface area (Å²) in [4.78, 5) is 7.01. The minimum absolute atomic E-state index is 0. The molecule has 0 amide bonds. The monoisotopic (exact) mass is 527 g/mol. The Morgan fingerprint density at radius 2 is 1.70 bits per heavy atom. The maximum Gasteiger partial charge on any atom is 0.194 e. The second-order valence-electron chi connectivity index (χ2n) is 6.82. The predicted octanol–water partition coefficient (Wildman–Crippen LogP) is 3.56. The molecule has 1 heterocycles. The van der Waals surface area contributed by atoms with Gasteiger partial charge in [-0.3, -0.25) is 0 Å². The molecule has 0 aliphatic carbocycles. The molecule has 0 aromatic heterocycles. The van der Waals surface area contributed by atoms with Crippen LogP contribution in [0.5, 0.6) is 23.0 Å². The molecule has 0 fully saturated rings. The summed E-state index contributed by atoms with van der Waals surface area (Å²) in [5.74, 6) is 2.94. The number of phenols is 1. The Labute approximate surface area is 195 Å². The van der Waals surface area contributed by atoms with Gasteiger partial charge >= 0.3 is 0 Å². The van der Waals surface area contributed by atoms with Crippen LogP contribution < -0.4 is 19.5 Å². The minimum atomic E-state index is 0. The van der Waals surface area contributed by atoms with Crippen molar-refractivity contribution in [3.8, 4) is 23.0 Å². The molecule has 7 nitrogen and oxygen atoms in total. The van der Waals surface area contributed by atoms with E-state index in [2.05, 4.69) is 23.2 Å². The lowest BCUT2D eigenvalue weighted by Crippen LogP contribution is -2.44. The average molecular weight is 527 g/mol. The number of guanidine groups is 1. The van der Waals surface area contributed by atoms with E-state index in [9.17, 15) is 5.11 Å². The summed E-state index contributed by atoms with van der Waals surface area (Å²) in [5, 5.41) is 13.4. The van der Waals surface area contributed by atoms with Gasteiger partial charge in [-0.15, -0.1) is 24.0 Å². The average Bonchev–Trinajstić information content (AvgIpc) is 2.75. The number of hydrogen-bond donors (Lipinski definition) is 2. The molecule has 0 bridgehead atoms. The zero-order valence-corrected chi connectivity index (χ0v) is 20.2. The highest BCUT2D eigenvalue weighted by Crippen LogP contribution is 2.33. The number of ether oxygens (including phenoxy) is 3. The molecule has 0 unspecified atom stereocenters. The number of phenolic OH excluding ortho intramolecular Hbond substituents is 1. The van der Waals surface area contributed by atoms with Crippen molar-refractivity contribution >= 4 is 29.9 Å². The molecule has 0 atom stereocenters. The lowest BCUT2D eigenvalue weighted by Gasteiger charge is -2.32. The second kappa shape index (κ2) is 11.1. The van der Waals surface area contributed by atoms with E-state index in [0.717, 1.165) is 49.1 Å². The topological polar surface area (TPSA) is 75.6 Å². The Morgan fingerprint density at radius 3 is 2.30 bits per heavy atom. The molecule has 3 rings (SSSR count). The lowest BCUT2D eigenvalue weighted by molar-refractivity contribution is 0.346. The van der Waals surface area contributed by atoms with Crippen molar-refractivity contribution in [1.29, 1.82) is 0 Å². The fraction of sp³-hybridized carbons (Fsp3) is 0.409. The number of benzene rings is 2. The van der Waals surface area contributed by atoms with E-state index in [4.69, 9.17) is 19.2 Å². The van der Waals surface area contributed by atoms with Gasteiger partial charge in [-0.05, 0) is 54.3 Å². The molecule has 2 aromatic rings. The molecule has 0 radical (unpaired) electrons. The molecule has 0 saturated heterocycles. The van der Waals surface area contributed by atoms with Crippen LogP contribution in [0, 0.1) is 0 Å². The Bertz CT molecular complexity index is 889. The Kier molecular flexibility index (Phi) is 8.88. The Balaban J connectivity index is 0.00000320. The van der Waals surface area contributed by atoms with Crippen LogP contribution >= 0.6 is 24.0 Å². The van der Waals surface area contributed by atoms with Crippen LogP contribution in [0.2, 0.25) is 0 Å². The number of fused-ring (bicyclic) bond motifs is 1. The molecule has 1 aliphatic rings. The van der Waals surface area contributed by atoms with Crippen LogP contribution in [0.1, 0.15) is 23.6 Å². The fourth-order valence-electron chi connectivity index (χ4n) is 3.49. The third-order valence-corrected chi connectivity index (χ3v) is 5.01. The lowest BCUT2D eigenvalue weighted by atomic mass is 9.99. The van der Waals surface area contributed by atoms with Crippen LogP contribution in [0.4, 0.5) is 0 Å². The van der Waals surface area contributed by atoms with Crippen molar-refractivity contribution in [2.45, 2.75) is 26.4 Å². The first-order valence-electron chi connectivity index (χ1n) is 9.72. The standard InChI is InChI=1S/C22H29N3O4.HI/c1-5-23-22(24-13-15-6-7-19(27-2)18(26)10-15)25-9-8-16-11-20(28-3)21(29-4)12-17(16)14-25;/h6-7,10-12,26H,5,8-9,13-14H2,1-4H3,(H,23,24);1H. The van der Waals surface area contributed by atoms with Crippen molar-refractivity contribution in [3.05, 3.63) is 47.0 Å². The Hall–Kier alpha value is -2.36. The van der Waals surface area contributed by atoms with Gasteiger partial charge in [0.2, 0.25) is 0 Å². The second-order valence-corrected chi connectivity index (χ2v) is 6.82. The molecular formula is C22H30IN3O4. The first-order chi connectivity index (χ1) is 14.1. The van der Waals surface area contributed by atoms with Gasteiger partial charge < -0.3 is 29.5 Å². The van der Waals surface area contributed by atoms with Crippen molar-refractivity contribution in [2.75, 3.05) is 34.4 Å². The van der Waals surface area contributed by atoms with Crippen LogP contribution in [0.15, 0.2) is 35.3 Å². The molecular weight excluding hydrogens is 497 g/mol.